The van der Waals surface area contributed by atoms with Gasteiger partial charge in [-0.15, -0.1) is 0 Å². The molecule has 0 aliphatic heterocycles. The second-order valence-corrected chi connectivity index (χ2v) is 10.3. The largest absolute Gasteiger partial charge is 0.0914 e. The van der Waals surface area contributed by atoms with E-state index in [1.165, 1.54) is 70.6 Å². The molecule has 3 saturated carbocycles. The van der Waals surface area contributed by atoms with Crippen molar-refractivity contribution in [3.05, 3.63) is 12.2 Å². The second-order valence-electron chi connectivity index (χ2n) is 10.3. The molecule has 25 heavy (non-hydrogen) atoms. The predicted octanol–water partition coefficient (Wildman–Crippen LogP) is 7.88. The minimum atomic E-state index is 0.836. The summed E-state index contributed by atoms with van der Waals surface area (Å²) in [5.41, 5.74) is 0. The first-order chi connectivity index (χ1) is 12.1. The summed E-state index contributed by atoms with van der Waals surface area (Å²) in [5.74, 6) is 7.66. The fourth-order valence-electron chi connectivity index (χ4n) is 6.50. The molecule has 0 N–H and O–H groups in total. The molecule has 0 aromatic carbocycles. The van der Waals surface area contributed by atoms with Crippen LogP contribution in [-0.4, -0.2) is 0 Å². The highest BCUT2D eigenvalue weighted by molar-refractivity contribution is 5.01. The van der Waals surface area contributed by atoms with Crippen molar-refractivity contribution < 1.29 is 0 Å². The quantitative estimate of drug-likeness (QED) is 0.393. The highest BCUT2D eigenvalue weighted by Crippen LogP contribution is 2.51. The van der Waals surface area contributed by atoms with E-state index in [2.05, 4.69) is 39.8 Å². The molecule has 0 nitrogen and oxygen atoms in total. The Hall–Kier alpha value is -0.260. The second kappa shape index (κ2) is 9.09. The van der Waals surface area contributed by atoms with Gasteiger partial charge < -0.3 is 0 Å². The van der Waals surface area contributed by atoms with Gasteiger partial charge >= 0.3 is 0 Å². The maximum atomic E-state index is 2.62. The molecule has 0 heterocycles. The van der Waals surface area contributed by atoms with Crippen molar-refractivity contribution in [3.63, 3.8) is 0 Å². The lowest BCUT2D eigenvalue weighted by Crippen LogP contribution is -2.42. The Morgan fingerprint density at radius 2 is 1.64 bits per heavy atom. The molecule has 0 heteroatoms. The van der Waals surface area contributed by atoms with E-state index in [9.17, 15) is 0 Å². The molecule has 0 bridgehead atoms. The zero-order valence-corrected chi connectivity index (χ0v) is 17.6. The summed E-state index contributed by atoms with van der Waals surface area (Å²) in [7, 11) is 0. The monoisotopic (exact) mass is 344 g/mol. The van der Waals surface area contributed by atoms with Crippen LogP contribution < -0.4 is 0 Å². The zero-order valence-electron chi connectivity index (χ0n) is 17.6. The van der Waals surface area contributed by atoms with Gasteiger partial charge in [0, 0.05) is 0 Å². The van der Waals surface area contributed by atoms with Crippen molar-refractivity contribution in [3.8, 4) is 0 Å². The molecular weight excluding hydrogens is 300 g/mol. The summed E-state index contributed by atoms with van der Waals surface area (Å²) in [6.07, 6.45) is 21.6. The maximum absolute atomic E-state index is 2.62. The van der Waals surface area contributed by atoms with E-state index in [1.54, 1.807) is 0 Å². The SMILES string of the molecule is CC=CC1C(CCCC2CCC2)CC(C)C(CC2CCC2)C1C(C)C. The first-order valence-corrected chi connectivity index (χ1v) is 11.7. The van der Waals surface area contributed by atoms with E-state index in [0.717, 1.165) is 47.3 Å². The van der Waals surface area contributed by atoms with Crippen LogP contribution in [0.15, 0.2) is 12.2 Å². The maximum Gasteiger partial charge on any atom is -0.0172 e. The van der Waals surface area contributed by atoms with Crippen molar-refractivity contribution in [1.29, 1.82) is 0 Å². The normalized spacial score (nSPS) is 37.4. The third-order valence-electron chi connectivity index (χ3n) is 8.32. The number of hydrogen-bond acceptors (Lipinski definition) is 0. The van der Waals surface area contributed by atoms with Gasteiger partial charge in [0.2, 0.25) is 0 Å². The van der Waals surface area contributed by atoms with Gasteiger partial charge in [0.15, 0.2) is 0 Å². The summed E-state index contributed by atoms with van der Waals surface area (Å²) in [6, 6.07) is 0. The molecule has 3 fully saturated rings. The first-order valence-electron chi connectivity index (χ1n) is 11.7. The van der Waals surface area contributed by atoms with E-state index < -0.39 is 0 Å². The van der Waals surface area contributed by atoms with Crippen LogP contribution >= 0.6 is 0 Å². The molecule has 0 amide bonds. The standard InChI is InChI=1S/C25H44/c1-5-9-23-22(15-8-12-20-10-6-11-20)16-19(4)24(25(23)18(2)3)17-21-13-7-14-21/h5,9,18-25H,6-8,10-17H2,1-4H3. The van der Waals surface area contributed by atoms with Crippen molar-refractivity contribution >= 4 is 0 Å². The van der Waals surface area contributed by atoms with Crippen LogP contribution in [0.3, 0.4) is 0 Å². The van der Waals surface area contributed by atoms with E-state index in [0.29, 0.717) is 0 Å². The van der Waals surface area contributed by atoms with Crippen LogP contribution in [0.2, 0.25) is 0 Å². The summed E-state index contributed by atoms with van der Waals surface area (Å²) >= 11 is 0. The fourth-order valence-corrected chi connectivity index (χ4v) is 6.50. The van der Waals surface area contributed by atoms with E-state index in [-0.39, 0.29) is 0 Å². The summed E-state index contributed by atoms with van der Waals surface area (Å²) in [5, 5.41) is 0. The van der Waals surface area contributed by atoms with E-state index in [1.807, 2.05) is 0 Å². The van der Waals surface area contributed by atoms with Crippen LogP contribution in [0.4, 0.5) is 0 Å². The van der Waals surface area contributed by atoms with Gasteiger partial charge in [0.1, 0.15) is 0 Å². The van der Waals surface area contributed by atoms with E-state index in [4.69, 9.17) is 0 Å². The molecular formula is C25H44. The van der Waals surface area contributed by atoms with Gasteiger partial charge in [-0.05, 0) is 73.5 Å². The van der Waals surface area contributed by atoms with Gasteiger partial charge in [0.05, 0.1) is 0 Å². The lowest BCUT2D eigenvalue weighted by molar-refractivity contribution is 0.0116. The molecule has 0 radical (unpaired) electrons. The van der Waals surface area contributed by atoms with Crippen LogP contribution in [0.25, 0.3) is 0 Å². The fraction of sp³-hybridized carbons (Fsp3) is 0.920. The molecule has 3 rings (SSSR count). The number of hydrogen-bond donors (Lipinski definition) is 0. The van der Waals surface area contributed by atoms with Crippen molar-refractivity contribution in [1.82, 2.24) is 0 Å². The van der Waals surface area contributed by atoms with Crippen LogP contribution in [0.5, 0.6) is 0 Å². The van der Waals surface area contributed by atoms with Crippen LogP contribution in [0.1, 0.15) is 98.3 Å². The van der Waals surface area contributed by atoms with Crippen molar-refractivity contribution in [2.24, 2.45) is 47.3 Å². The Labute approximate surface area is 158 Å². The first kappa shape index (κ1) is 19.5. The lowest BCUT2D eigenvalue weighted by atomic mass is 9.55. The minimum absolute atomic E-state index is 0.836. The smallest absolute Gasteiger partial charge is 0.0172 e. The average Bonchev–Trinajstić information content (AvgIpc) is 2.48. The molecule has 5 atom stereocenters. The average molecular weight is 345 g/mol. The van der Waals surface area contributed by atoms with Crippen molar-refractivity contribution in [2.45, 2.75) is 98.3 Å². The molecule has 0 aromatic rings. The number of allylic oxidation sites excluding steroid dienone is 2. The van der Waals surface area contributed by atoms with Crippen LogP contribution in [-0.2, 0) is 0 Å². The highest BCUT2D eigenvalue weighted by Gasteiger charge is 2.43. The predicted molar refractivity (Wildman–Crippen MR) is 111 cm³/mol. The van der Waals surface area contributed by atoms with Gasteiger partial charge in [0.25, 0.3) is 0 Å². The third kappa shape index (κ3) is 4.72. The van der Waals surface area contributed by atoms with Gasteiger partial charge in [-0.2, -0.15) is 0 Å². The van der Waals surface area contributed by atoms with Crippen molar-refractivity contribution in [2.75, 3.05) is 0 Å². The van der Waals surface area contributed by atoms with Gasteiger partial charge in [-0.3, -0.25) is 0 Å². The minimum Gasteiger partial charge on any atom is -0.0914 e. The third-order valence-corrected chi connectivity index (χ3v) is 8.32. The molecule has 0 aromatic heterocycles. The number of rotatable bonds is 8. The summed E-state index contributed by atoms with van der Waals surface area (Å²) in [4.78, 5) is 0. The Balaban J connectivity index is 1.65. The lowest BCUT2D eigenvalue weighted by Gasteiger charge is -2.50. The highest BCUT2D eigenvalue weighted by atomic mass is 14.5. The van der Waals surface area contributed by atoms with Gasteiger partial charge in [-0.25, -0.2) is 0 Å². The Kier molecular flexibility index (Phi) is 7.09. The summed E-state index contributed by atoms with van der Waals surface area (Å²) < 4.78 is 0. The summed E-state index contributed by atoms with van der Waals surface area (Å²) in [6.45, 7) is 9.88. The topological polar surface area (TPSA) is 0 Å². The Morgan fingerprint density at radius 1 is 0.960 bits per heavy atom. The molecule has 0 spiro atoms. The Bertz CT molecular complexity index is 412. The molecule has 3 aliphatic carbocycles. The molecule has 3 aliphatic rings. The molecule has 5 unspecified atom stereocenters. The molecule has 144 valence electrons. The van der Waals surface area contributed by atoms with E-state index >= 15 is 0 Å². The molecule has 0 saturated heterocycles. The Morgan fingerprint density at radius 3 is 2.16 bits per heavy atom. The van der Waals surface area contributed by atoms with Crippen LogP contribution in [0, 0.1) is 47.3 Å². The van der Waals surface area contributed by atoms with Gasteiger partial charge in [-0.1, -0.05) is 84.3 Å². The zero-order chi connectivity index (χ0) is 17.8.